The molecular formula is C50H9B21O. The summed E-state index contributed by atoms with van der Waals surface area (Å²) >= 11 is 0. The molecule has 11 aromatic rings. The highest BCUT2D eigenvalue weighted by molar-refractivity contribution is 6.77. The molecule has 0 bridgehead atoms. The largest absolute Gasteiger partial charge is 0.456 e. The van der Waals surface area contributed by atoms with Gasteiger partial charge in [0.2, 0.25) is 0 Å². The Morgan fingerprint density at radius 1 is 0.222 bits per heavy atom. The SMILES string of the molecule is [B]c1c([B])c(-c2c3c([B])c([B])c([B])c([B])c3c(-c3c([B])c4c([B])c([B])c([B])c([B])c4c4c([B])c([B])c([B])c([B])c34)c3c([B])c([B])c([B])c([B])c23)c([B])c([B])c1-c1ccc2oc3cc4ccccc4cc3c2c1. The lowest BCUT2D eigenvalue weighted by atomic mass is 9.56. The van der Waals surface area contributed by atoms with E-state index in [9.17, 15) is 0 Å². The Kier molecular flexibility index (Phi) is 11.4. The average molecular weight is 853 g/mol. The zero-order valence-corrected chi connectivity index (χ0v) is 38.2. The normalized spacial score (nSPS) is 11.9. The molecule has 0 spiro atoms. The molecule has 0 fully saturated rings. The second-order valence-corrected chi connectivity index (χ2v) is 18.1. The summed E-state index contributed by atoms with van der Waals surface area (Å²) in [5, 5.41) is 4.38. The fourth-order valence-corrected chi connectivity index (χ4v) is 10.7. The van der Waals surface area contributed by atoms with Crippen LogP contribution in [0.3, 0.4) is 0 Å². The van der Waals surface area contributed by atoms with E-state index in [1.807, 2.05) is 42.5 Å². The molecule has 22 heteroatoms. The lowest BCUT2D eigenvalue weighted by molar-refractivity contribution is 0.669. The standard InChI is InChI=1S/C50H9B21O/c51-30-20(25-26(38(59)48(69)47(68)37(25)58)27-29(30)42(63)50(71)49(70)39(27)60)18-21-23(35(56)45(66)43(64)33(21)54)19(24-22(18)34(55)44(65)46(67)36(24)57)28-40(61)31(52)17(32(53)41(28)62)12-5-6-15-13(8-12)14-7-10-3-1-2-4-11(10)9-16(14)72-15/h1-9H. The number of fused-ring (bicyclic) bond motifs is 9. The molecule has 0 N–H and O–H groups in total. The maximum absolute atomic E-state index is 7.36. The first kappa shape index (κ1) is 48.9. The number of hydrogen-bond acceptors (Lipinski definition) is 1. The van der Waals surface area contributed by atoms with Gasteiger partial charge in [-0.3, -0.25) is 0 Å². The lowest BCUT2D eigenvalue weighted by Crippen LogP contribution is -2.52. The van der Waals surface area contributed by atoms with Gasteiger partial charge in [-0.1, -0.05) is 101 Å². The molecule has 10 aromatic carbocycles. The third kappa shape index (κ3) is 6.38. The highest BCUT2D eigenvalue weighted by Crippen LogP contribution is 2.42. The predicted octanol–water partition coefficient (Wildman–Crippen LogP) is -11.0. The van der Waals surface area contributed by atoms with Crippen molar-refractivity contribution < 1.29 is 4.42 Å². The molecule has 0 atom stereocenters. The van der Waals surface area contributed by atoms with Crippen molar-refractivity contribution in [1.82, 2.24) is 0 Å². The molecule has 1 aromatic heterocycles. The molecule has 0 amide bonds. The van der Waals surface area contributed by atoms with Crippen LogP contribution in [0.25, 0.3) is 109 Å². The highest BCUT2D eigenvalue weighted by Gasteiger charge is 2.30. The molecule has 72 heavy (non-hydrogen) atoms. The predicted molar refractivity (Wildman–Crippen MR) is 331 cm³/mol. The van der Waals surface area contributed by atoms with Crippen LogP contribution in [0, 0.1) is 0 Å². The monoisotopic (exact) mass is 856 g/mol. The van der Waals surface area contributed by atoms with Gasteiger partial charge in [-0.05, 0) is 112 Å². The van der Waals surface area contributed by atoms with E-state index in [0.717, 1.165) is 21.5 Å². The van der Waals surface area contributed by atoms with Crippen LogP contribution in [-0.2, 0) is 0 Å². The van der Waals surface area contributed by atoms with Crippen molar-refractivity contribution in [2.45, 2.75) is 0 Å². The van der Waals surface area contributed by atoms with Crippen LogP contribution in [0.4, 0.5) is 0 Å². The van der Waals surface area contributed by atoms with Gasteiger partial charge in [-0.15, -0.1) is 43.7 Å². The van der Waals surface area contributed by atoms with E-state index in [-0.39, 0.29) is 180 Å². The van der Waals surface area contributed by atoms with E-state index in [4.69, 9.17) is 169 Å². The minimum Gasteiger partial charge on any atom is -0.456 e. The molecule has 11 rings (SSSR count). The van der Waals surface area contributed by atoms with Crippen LogP contribution < -0.4 is 115 Å². The van der Waals surface area contributed by atoms with Crippen molar-refractivity contribution in [1.29, 1.82) is 0 Å². The summed E-state index contributed by atoms with van der Waals surface area (Å²) in [4.78, 5) is 0. The van der Waals surface area contributed by atoms with Crippen LogP contribution in [0.5, 0.6) is 0 Å². The minimum atomic E-state index is -0.146. The van der Waals surface area contributed by atoms with Crippen LogP contribution in [0.1, 0.15) is 0 Å². The highest BCUT2D eigenvalue weighted by atomic mass is 16.3. The first-order valence-corrected chi connectivity index (χ1v) is 21.9. The second kappa shape index (κ2) is 16.8. The Bertz CT molecular complexity index is 4300. The zero-order chi connectivity index (χ0) is 51.7. The second-order valence-electron chi connectivity index (χ2n) is 18.1. The number of benzene rings is 10. The minimum absolute atomic E-state index is 0.0237. The first-order chi connectivity index (χ1) is 34.0. The quantitative estimate of drug-likeness (QED) is 0.0980. The third-order valence-electron chi connectivity index (χ3n) is 14.5. The summed E-state index contributed by atoms with van der Waals surface area (Å²) in [6, 6.07) is 17.5. The van der Waals surface area contributed by atoms with Crippen LogP contribution in [-0.4, -0.2) is 165 Å². The summed E-state index contributed by atoms with van der Waals surface area (Å²) in [5.41, 5.74) is 0.474. The summed E-state index contributed by atoms with van der Waals surface area (Å²) in [7, 11) is 145. The van der Waals surface area contributed by atoms with Crippen molar-refractivity contribution >= 4 is 355 Å². The van der Waals surface area contributed by atoms with Gasteiger partial charge in [0.05, 0.1) is 0 Å². The average Bonchev–Trinajstić information content (AvgIpc) is 3.72. The Morgan fingerprint density at radius 2 is 0.556 bits per heavy atom. The summed E-state index contributed by atoms with van der Waals surface area (Å²) < 4.78 is 6.28. The molecule has 1 nitrogen and oxygen atoms in total. The van der Waals surface area contributed by atoms with Gasteiger partial charge in [0.1, 0.15) is 176 Å². The van der Waals surface area contributed by atoms with Crippen molar-refractivity contribution in [2.24, 2.45) is 0 Å². The Morgan fingerprint density at radius 3 is 1.00 bits per heavy atom. The van der Waals surface area contributed by atoms with Gasteiger partial charge in [-0.25, -0.2) is 0 Å². The van der Waals surface area contributed by atoms with Gasteiger partial charge in [0, 0.05) is 10.8 Å². The Labute approximate surface area is 444 Å². The van der Waals surface area contributed by atoms with Crippen molar-refractivity contribution in [3.63, 3.8) is 0 Å². The molecule has 278 valence electrons. The van der Waals surface area contributed by atoms with Crippen molar-refractivity contribution in [3.8, 4) is 33.4 Å². The van der Waals surface area contributed by atoms with Gasteiger partial charge < -0.3 is 4.42 Å². The Hall–Kier alpha value is -5.34. The molecule has 0 aliphatic heterocycles. The topological polar surface area (TPSA) is 13.1 Å². The summed E-state index contributed by atoms with van der Waals surface area (Å²) in [6.45, 7) is 0. The maximum atomic E-state index is 7.36. The zero-order valence-electron chi connectivity index (χ0n) is 38.2. The van der Waals surface area contributed by atoms with E-state index < -0.39 is 0 Å². The molecule has 1 heterocycles. The molecule has 0 saturated carbocycles. The van der Waals surface area contributed by atoms with Gasteiger partial charge >= 0.3 is 0 Å². The Balaban J connectivity index is 1.35. The van der Waals surface area contributed by atoms with E-state index in [1.165, 1.54) is 0 Å². The first-order valence-electron chi connectivity index (χ1n) is 21.9. The molecular weight excluding hydrogens is 844 g/mol. The summed E-state index contributed by atoms with van der Waals surface area (Å²) in [5.74, 6) is 0. The van der Waals surface area contributed by atoms with E-state index >= 15 is 0 Å². The molecule has 0 aliphatic carbocycles. The molecule has 42 radical (unpaired) electrons. The van der Waals surface area contributed by atoms with Gasteiger partial charge in [-0.2, -0.15) is 0 Å². The van der Waals surface area contributed by atoms with Gasteiger partial charge in [0.15, 0.2) is 0 Å². The smallest absolute Gasteiger partial charge is 0.136 e. The molecule has 0 aliphatic rings. The van der Waals surface area contributed by atoms with E-state index in [0.29, 0.717) is 22.3 Å². The molecule has 0 unspecified atom stereocenters. The van der Waals surface area contributed by atoms with Crippen LogP contribution >= 0.6 is 0 Å². The third-order valence-corrected chi connectivity index (χ3v) is 14.5. The van der Waals surface area contributed by atoms with Crippen LogP contribution in [0.2, 0.25) is 0 Å². The van der Waals surface area contributed by atoms with Crippen LogP contribution in [0.15, 0.2) is 59.0 Å². The number of hydrogen-bond donors (Lipinski definition) is 0. The van der Waals surface area contributed by atoms with E-state index in [1.54, 1.807) is 6.07 Å². The number of rotatable bonds is 3. The fourth-order valence-electron chi connectivity index (χ4n) is 10.7. The molecule has 0 saturated heterocycles. The lowest BCUT2D eigenvalue weighted by Gasteiger charge is -2.33. The maximum Gasteiger partial charge on any atom is 0.136 e. The van der Waals surface area contributed by atoms with Crippen molar-refractivity contribution in [2.75, 3.05) is 0 Å². The van der Waals surface area contributed by atoms with Crippen molar-refractivity contribution in [3.05, 3.63) is 54.6 Å². The fraction of sp³-hybridized carbons (Fsp3) is 0. The van der Waals surface area contributed by atoms with E-state index in [2.05, 4.69) is 6.07 Å². The van der Waals surface area contributed by atoms with Gasteiger partial charge in [0.25, 0.3) is 0 Å². The number of furan rings is 1. The summed E-state index contributed by atoms with van der Waals surface area (Å²) in [6.07, 6.45) is 0.